The van der Waals surface area contributed by atoms with E-state index in [2.05, 4.69) is 42.8 Å². The molecular formula is C17H17ClIN5O. The van der Waals surface area contributed by atoms with Gasteiger partial charge in [0.25, 0.3) is 0 Å². The van der Waals surface area contributed by atoms with Crippen LogP contribution >= 0.6 is 34.2 Å². The molecule has 0 spiro atoms. The van der Waals surface area contributed by atoms with Crippen LogP contribution in [0.25, 0.3) is 0 Å². The minimum absolute atomic E-state index is 0.0759. The average molecular weight is 470 g/mol. The molecule has 2 aliphatic rings. The maximum Gasteiger partial charge on any atom is 0.323 e. The van der Waals surface area contributed by atoms with Crippen LogP contribution in [-0.2, 0) is 0 Å². The highest BCUT2D eigenvalue weighted by Crippen LogP contribution is 2.34. The van der Waals surface area contributed by atoms with E-state index in [4.69, 9.17) is 11.6 Å². The molecule has 25 heavy (non-hydrogen) atoms. The summed E-state index contributed by atoms with van der Waals surface area (Å²) in [4.78, 5) is 25.6. The van der Waals surface area contributed by atoms with E-state index >= 15 is 0 Å². The second-order valence-corrected chi connectivity index (χ2v) is 7.95. The molecule has 0 aliphatic carbocycles. The molecule has 2 aromatic heterocycles. The lowest BCUT2D eigenvalue weighted by Gasteiger charge is -2.41. The normalized spacial score (nSPS) is 22.2. The van der Waals surface area contributed by atoms with E-state index in [1.54, 1.807) is 12.4 Å². The Morgan fingerprint density at radius 3 is 2.60 bits per heavy atom. The van der Waals surface area contributed by atoms with Crippen molar-refractivity contribution in [2.24, 2.45) is 0 Å². The smallest absolute Gasteiger partial charge is 0.323 e. The van der Waals surface area contributed by atoms with Crippen molar-refractivity contribution in [1.29, 1.82) is 0 Å². The highest BCUT2D eigenvalue weighted by molar-refractivity contribution is 14.1. The zero-order chi connectivity index (χ0) is 17.4. The van der Waals surface area contributed by atoms with Crippen molar-refractivity contribution in [3.05, 3.63) is 45.3 Å². The van der Waals surface area contributed by atoms with Crippen LogP contribution in [0.15, 0.2) is 36.7 Å². The van der Waals surface area contributed by atoms with E-state index < -0.39 is 0 Å². The lowest BCUT2D eigenvalue weighted by molar-refractivity contribution is 0.175. The van der Waals surface area contributed by atoms with E-state index in [1.165, 1.54) is 0 Å². The number of pyridine rings is 2. The molecule has 0 radical (unpaired) electrons. The highest BCUT2D eigenvalue weighted by Gasteiger charge is 2.43. The number of anilines is 2. The molecule has 2 bridgehead atoms. The summed E-state index contributed by atoms with van der Waals surface area (Å²) < 4.78 is 1.04. The molecule has 6 nitrogen and oxygen atoms in total. The van der Waals surface area contributed by atoms with Crippen LogP contribution in [0.3, 0.4) is 0 Å². The minimum atomic E-state index is -0.0759. The maximum atomic E-state index is 12.7. The van der Waals surface area contributed by atoms with E-state index in [0.29, 0.717) is 10.8 Å². The summed E-state index contributed by atoms with van der Waals surface area (Å²) >= 11 is 8.48. The molecule has 2 fully saturated rings. The molecule has 2 aliphatic heterocycles. The van der Waals surface area contributed by atoms with Gasteiger partial charge in [-0.1, -0.05) is 11.6 Å². The first-order chi connectivity index (χ1) is 12.1. The predicted molar refractivity (Wildman–Crippen MR) is 106 cm³/mol. The van der Waals surface area contributed by atoms with Gasteiger partial charge in [0, 0.05) is 29.1 Å². The summed E-state index contributed by atoms with van der Waals surface area (Å²) in [6, 6.07) is 7.70. The molecule has 1 N–H and O–H groups in total. The summed E-state index contributed by atoms with van der Waals surface area (Å²) in [5.74, 6) is 1.39. The number of nitrogens with one attached hydrogen (secondary N) is 1. The Kier molecular flexibility index (Phi) is 4.68. The monoisotopic (exact) mass is 469 g/mol. The zero-order valence-electron chi connectivity index (χ0n) is 13.4. The second kappa shape index (κ2) is 6.95. The van der Waals surface area contributed by atoms with Gasteiger partial charge in [-0.2, -0.15) is 0 Å². The standard InChI is InChI=1S/C17H17ClIN5O/c18-14-2-1-7-20-16(14)23-9-12-4-5-13(10-23)24(12)17(25)22-15-6-3-11(19)8-21-15/h1-3,6-8,12-13H,4-5,9-10H2,(H,21,22,25). The van der Waals surface area contributed by atoms with Gasteiger partial charge in [0.15, 0.2) is 0 Å². The number of hydrogen-bond donors (Lipinski definition) is 1. The topological polar surface area (TPSA) is 61.4 Å². The van der Waals surface area contributed by atoms with Gasteiger partial charge in [-0.25, -0.2) is 14.8 Å². The first kappa shape index (κ1) is 16.8. The SMILES string of the molecule is O=C(Nc1ccc(I)cn1)N1C2CCC1CN(c1ncccc1Cl)C2. The van der Waals surface area contributed by atoms with Gasteiger partial charge in [0.1, 0.15) is 11.6 Å². The summed E-state index contributed by atoms with van der Waals surface area (Å²) in [5, 5.41) is 3.57. The summed E-state index contributed by atoms with van der Waals surface area (Å²) in [6.07, 6.45) is 5.49. The molecule has 2 atom stereocenters. The third-order valence-corrected chi connectivity index (χ3v) is 5.65. The van der Waals surface area contributed by atoms with Gasteiger partial charge < -0.3 is 9.80 Å². The first-order valence-electron chi connectivity index (χ1n) is 8.18. The fourth-order valence-electron chi connectivity index (χ4n) is 3.64. The Bertz CT molecular complexity index is 773. The Labute approximate surface area is 164 Å². The number of carbonyl (C=O) groups excluding carboxylic acids is 1. The van der Waals surface area contributed by atoms with Gasteiger partial charge in [0.05, 0.1) is 17.1 Å². The Morgan fingerprint density at radius 2 is 1.96 bits per heavy atom. The molecule has 130 valence electrons. The predicted octanol–water partition coefficient (Wildman–Crippen LogP) is 3.62. The van der Waals surface area contributed by atoms with Crippen LogP contribution in [0.5, 0.6) is 0 Å². The van der Waals surface area contributed by atoms with Crippen molar-refractivity contribution in [3.63, 3.8) is 0 Å². The van der Waals surface area contributed by atoms with Crippen LogP contribution in [0, 0.1) is 3.57 Å². The lowest BCUT2D eigenvalue weighted by Crippen LogP contribution is -2.57. The molecule has 0 aromatic carbocycles. The quantitative estimate of drug-likeness (QED) is 0.683. The van der Waals surface area contributed by atoms with Gasteiger partial charge in [-0.3, -0.25) is 5.32 Å². The Morgan fingerprint density at radius 1 is 1.20 bits per heavy atom. The fourth-order valence-corrected chi connectivity index (χ4v) is 4.20. The Balaban J connectivity index is 1.48. The van der Waals surface area contributed by atoms with E-state index in [0.717, 1.165) is 35.3 Å². The number of aromatic nitrogens is 2. The average Bonchev–Trinajstić information content (AvgIpc) is 2.88. The van der Waals surface area contributed by atoms with Crippen LogP contribution in [0.2, 0.25) is 5.02 Å². The molecular weight excluding hydrogens is 453 g/mol. The number of fused-ring (bicyclic) bond motifs is 2. The minimum Gasteiger partial charge on any atom is -0.351 e. The molecule has 4 heterocycles. The molecule has 8 heteroatoms. The third-order valence-electron chi connectivity index (χ3n) is 4.72. The molecule has 2 amide bonds. The van der Waals surface area contributed by atoms with E-state index in [-0.39, 0.29) is 18.1 Å². The van der Waals surface area contributed by atoms with Gasteiger partial charge in [0.2, 0.25) is 0 Å². The first-order valence-corrected chi connectivity index (χ1v) is 9.64. The van der Waals surface area contributed by atoms with Gasteiger partial charge in [-0.15, -0.1) is 0 Å². The number of amides is 2. The number of urea groups is 1. The van der Waals surface area contributed by atoms with Crippen LogP contribution in [0.1, 0.15) is 12.8 Å². The lowest BCUT2D eigenvalue weighted by atomic mass is 10.2. The highest BCUT2D eigenvalue weighted by atomic mass is 127. The van der Waals surface area contributed by atoms with Crippen LogP contribution < -0.4 is 10.2 Å². The number of halogens is 2. The molecule has 2 saturated heterocycles. The van der Waals surface area contributed by atoms with Gasteiger partial charge in [-0.05, 0) is 59.7 Å². The summed E-state index contributed by atoms with van der Waals surface area (Å²) in [7, 11) is 0. The van der Waals surface area contributed by atoms with Crippen LogP contribution in [-0.4, -0.2) is 46.1 Å². The molecule has 2 unspecified atom stereocenters. The van der Waals surface area contributed by atoms with Gasteiger partial charge >= 0.3 is 6.03 Å². The summed E-state index contributed by atoms with van der Waals surface area (Å²) in [6.45, 7) is 1.50. The van der Waals surface area contributed by atoms with Crippen molar-refractivity contribution >= 4 is 51.9 Å². The van der Waals surface area contributed by atoms with E-state index in [9.17, 15) is 4.79 Å². The fraction of sp³-hybridized carbons (Fsp3) is 0.353. The third kappa shape index (κ3) is 3.39. The second-order valence-electron chi connectivity index (χ2n) is 6.30. The zero-order valence-corrected chi connectivity index (χ0v) is 16.3. The number of piperazine rings is 1. The van der Waals surface area contributed by atoms with Crippen molar-refractivity contribution < 1.29 is 4.79 Å². The summed E-state index contributed by atoms with van der Waals surface area (Å²) in [5.41, 5.74) is 0. The molecule has 0 saturated carbocycles. The molecule has 4 rings (SSSR count). The van der Waals surface area contributed by atoms with Crippen molar-refractivity contribution in [2.45, 2.75) is 24.9 Å². The largest absolute Gasteiger partial charge is 0.351 e. The van der Waals surface area contributed by atoms with E-state index in [1.807, 2.05) is 29.2 Å². The Hall–Kier alpha value is -1.61. The number of hydrogen-bond acceptors (Lipinski definition) is 4. The van der Waals surface area contributed by atoms with Crippen molar-refractivity contribution in [2.75, 3.05) is 23.3 Å². The molecule has 2 aromatic rings. The number of nitrogens with zero attached hydrogens (tertiary/aromatic N) is 4. The number of rotatable bonds is 2. The van der Waals surface area contributed by atoms with Crippen LogP contribution in [0.4, 0.5) is 16.4 Å². The maximum absolute atomic E-state index is 12.7. The van der Waals surface area contributed by atoms with Crippen molar-refractivity contribution in [1.82, 2.24) is 14.9 Å². The number of carbonyl (C=O) groups is 1. The van der Waals surface area contributed by atoms with Crippen molar-refractivity contribution in [3.8, 4) is 0 Å².